The molecular weight excluding hydrogens is 312 g/mol. The van der Waals surface area contributed by atoms with Crippen LogP contribution in [0.15, 0.2) is 36.4 Å². The normalized spacial score (nSPS) is 10.6. The van der Waals surface area contributed by atoms with Gasteiger partial charge in [0.15, 0.2) is 12.6 Å². The van der Waals surface area contributed by atoms with E-state index >= 15 is 0 Å². The molecule has 1 aromatic carbocycles. The van der Waals surface area contributed by atoms with E-state index in [4.69, 9.17) is 0 Å². The van der Waals surface area contributed by atoms with Crippen molar-refractivity contribution >= 4 is 35.2 Å². The van der Waals surface area contributed by atoms with E-state index < -0.39 is 0 Å². The average Bonchev–Trinajstić information content (AvgIpc) is 3.14. The van der Waals surface area contributed by atoms with Gasteiger partial charge in [-0.2, -0.15) is 0 Å². The predicted octanol–water partition coefficient (Wildman–Crippen LogP) is 5.39. The summed E-state index contributed by atoms with van der Waals surface area (Å²) in [5.41, 5.74) is 2.89. The number of hydrogen-bond acceptors (Lipinski definition) is 4. The highest BCUT2D eigenvalue weighted by Gasteiger charge is 2.14. The molecule has 0 spiro atoms. The zero-order valence-electron chi connectivity index (χ0n) is 12.3. The van der Waals surface area contributed by atoms with Crippen LogP contribution in [0.1, 0.15) is 30.5 Å². The Hall–Kier alpha value is -2.04. The maximum Gasteiger partial charge on any atom is 0.150 e. The van der Waals surface area contributed by atoms with Gasteiger partial charge in [-0.15, -0.1) is 22.7 Å². The van der Waals surface area contributed by atoms with Gasteiger partial charge in [0.05, 0.1) is 0 Å². The quantitative estimate of drug-likeness (QED) is 0.603. The first-order valence-electron chi connectivity index (χ1n) is 6.84. The molecule has 2 aromatic heterocycles. The number of carbonyl (C=O) groups is 2. The van der Waals surface area contributed by atoms with Crippen LogP contribution < -0.4 is 0 Å². The first-order chi connectivity index (χ1) is 10.6. The molecule has 0 radical (unpaired) electrons. The number of hydrogen-bond donors (Lipinski definition) is 0. The molecule has 0 bridgehead atoms. The topological polar surface area (TPSA) is 34.1 Å². The molecule has 22 heavy (non-hydrogen) atoms. The Labute approximate surface area is 137 Å². The van der Waals surface area contributed by atoms with E-state index in [0.717, 1.165) is 33.5 Å². The number of aldehydes is 2. The standard InChI is InChI=1S/C18H14O2S2/c1-11-3-5-17(21-11)15-7-14(10-20)16(8-13(15)9-19)18-6-4-12(2)22-18/h3-10H,1-2H3. The highest BCUT2D eigenvalue weighted by molar-refractivity contribution is 7.15. The molecule has 0 fully saturated rings. The van der Waals surface area contributed by atoms with Crippen molar-refractivity contribution in [1.29, 1.82) is 0 Å². The van der Waals surface area contributed by atoms with Crippen LogP contribution in [0.3, 0.4) is 0 Å². The van der Waals surface area contributed by atoms with Gasteiger partial charge in [0.2, 0.25) is 0 Å². The minimum atomic E-state index is 0.619. The molecule has 110 valence electrons. The third-order valence-electron chi connectivity index (χ3n) is 3.49. The largest absolute Gasteiger partial charge is 0.298 e. The van der Waals surface area contributed by atoms with Crippen LogP contribution in [0.2, 0.25) is 0 Å². The number of carbonyl (C=O) groups excluding carboxylic acids is 2. The molecule has 0 saturated carbocycles. The Bertz CT molecular complexity index is 784. The lowest BCUT2D eigenvalue weighted by Crippen LogP contribution is -1.93. The predicted molar refractivity (Wildman–Crippen MR) is 93.3 cm³/mol. The summed E-state index contributed by atoms with van der Waals surface area (Å²) in [5, 5.41) is 0. The number of rotatable bonds is 4. The first-order valence-corrected chi connectivity index (χ1v) is 8.47. The molecule has 2 nitrogen and oxygen atoms in total. The van der Waals surface area contributed by atoms with Crippen molar-refractivity contribution < 1.29 is 9.59 Å². The fourth-order valence-corrected chi connectivity index (χ4v) is 4.23. The van der Waals surface area contributed by atoms with Crippen LogP contribution >= 0.6 is 22.7 Å². The smallest absolute Gasteiger partial charge is 0.150 e. The minimum Gasteiger partial charge on any atom is -0.298 e. The van der Waals surface area contributed by atoms with Gasteiger partial charge in [-0.05, 0) is 50.2 Å². The van der Waals surface area contributed by atoms with Crippen molar-refractivity contribution in [3.05, 3.63) is 57.3 Å². The summed E-state index contributed by atoms with van der Waals surface area (Å²) in [6.07, 6.45) is 1.73. The first kappa shape index (κ1) is 14.9. The third-order valence-corrected chi connectivity index (χ3v) is 5.56. The Morgan fingerprint density at radius 1 is 0.727 bits per heavy atom. The lowest BCUT2D eigenvalue weighted by atomic mass is 9.97. The monoisotopic (exact) mass is 326 g/mol. The fourth-order valence-electron chi connectivity index (χ4n) is 2.41. The fraction of sp³-hybridized carbons (Fsp3) is 0.111. The molecule has 0 unspecified atom stereocenters. The Kier molecular flexibility index (Phi) is 4.05. The molecule has 0 amide bonds. The second-order valence-electron chi connectivity index (χ2n) is 5.08. The summed E-state index contributed by atoms with van der Waals surface area (Å²) in [4.78, 5) is 27.4. The van der Waals surface area contributed by atoms with Gasteiger partial charge in [-0.1, -0.05) is 0 Å². The van der Waals surface area contributed by atoms with E-state index in [0.29, 0.717) is 11.1 Å². The highest BCUT2D eigenvalue weighted by Crippen LogP contribution is 2.36. The van der Waals surface area contributed by atoms with Crippen molar-refractivity contribution in [3.8, 4) is 20.9 Å². The summed E-state index contributed by atoms with van der Waals surface area (Å²) in [6, 6.07) is 11.7. The molecule has 0 N–H and O–H groups in total. The number of aryl methyl sites for hydroxylation is 2. The highest BCUT2D eigenvalue weighted by atomic mass is 32.1. The summed E-state index contributed by atoms with van der Waals surface area (Å²) >= 11 is 3.25. The second-order valence-corrected chi connectivity index (χ2v) is 7.66. The summed E-state index contributed by atoms with van der Waals surface area (Å²) in [6.45, 7) is 4.05. The molecule has 3 rings (SSSR count). The van der Waals surface area contributed by atoms with Crippen molar-refractivity contribution in [2.75, 3.05) is 0 Å². The maximum absolute atomic E-state index is 11.5. The van der Waals surface area contributed by atoms with Crippen molar-refractivity contribution in [3.63, 3.8) is 0 Å². The Balaban J connectivity index is 2.22. The lowest BCUT2D eigenvalue weighted by Gasteiger charge is -2.09. The van der Waals surface area contributed by atoms with Crippen molar-refractivity contribution in [1.82, 2.24) is 0 Å². The molecule has 0 atom stereocenters. The van der Waals surface area contributed by atoms with E-state index in [2.05, 4.69) is 0 Å². The second kappa shape index (κ2) is 5.99. The lowest BCUT2D eigenvalue weighted by molar-refractivity contribution is 0.111. The van der Waals surface area contributed by atoms with Gasteiger partial charge in [0, 0.05) is 41.8 Å². The molecule has 0 aliphatic heterocycles. The van der Waals surface area contributed by atoms with Crippen LogP contribution in [0.25, 0.3) is 20.9 Å². The summed E-state index contributed by atoms with van der Waals surface area (Å²) < 4.78 is 0. The third kappa shape index (κ3) is 2.67. The number of thiophene rings is 2. The van der Waals surface area contributed by atoms with E-state index in [9.17, 15) is 9.59 Å². The van der Waals surface area contributed by atoms with E-state index in [1.165, 1.54) is 9.75 Å². The minimum absolute atomic E-state index is 0.619. The van der Waals surface area contributed by atoms with Gasteiger partial charge < -0.3 is 0 Å². The molecule has 2 heterocycles. The molecule has 0 saturated heterocycles. The average molecular weight is 326 g/mol. The van der Waals surface area contributed by atoms with Crippen LogP contribution in [0.5, 0.6) is 0 Å². The summed E-state index contributed by atoms with van der Waals surface area (Å²) in [7, 11) is 0. The van der Waals surface area contributed by atoms with Crippen molar-refractivity contribution in [2.45, 2.75) is 13.8 Å². The maximum atomic E-state index is 11.5. The molecule has 0 aliphatic rings. The molecule has 3 aromatic rings. The zero-order chi connectivity index (χ0) is 15.7. The summed E-state index contributed by atoms with van der Waals surface area (Å²) in [5.74, 6) is 0. The van der Waals surface area contributed by atoms with Crippen molar-refractivity contribution in [2.24, 2.45) is 0 Å². The van der Waals surface area contributed by atoms with Gasteiger partial charge in [-0.3, -0.25) is 9.59 Å². The van der Waals surface area contributed by atoms with Crippen LogP contribution in [-0.4, -0.2) is 12.6 Å². The van der Waals surface area contributed by atoms with E-state index in [-0.39, 0.29) is 0 Å². The van der Waals surface area contributed by atoms with Gasteiger partial charge in [0.25, 0.3) is 0 Å². The van der Waals surface area contributed by atoms with Gasteiger partial charge >= 0.3 is 0 Å². The van der Waals surface area contributed by atoms with Gasteiger partial charge in [-0.25, -0.2) is 0 Å². The van der Waals surface area contributed by atoms with E-state index in [1.54, 1.807) is 22.7 Å². The van der Waals surface area contributed by atoms with Gasteiger partial charge in [0.1, 0.15) is 0 Å². The van der Waals surface area contributed by atoms with E-state index in [1.807, 2.05) is 50.2 Å². The SMILES string of the molecule is Cc1ccc(-c2cc(C=O)c(-c3ccc(C)s3)cc2C=O)s1. The molecule has 0 aliphatic carbocycles. The number of benzene rings is 1. The van der Waals surface area contributed by atoms with Crippen LogP contribution in [-0.2, 0) is 0 Å². The van der Waals surface area contributed by atoms with Crippen LogP contribution in [0.4, 0.5) is 0 Å². The molecular formula is C18H14O2S2. The zero-order valence-corrected chi connectivity index (χ0v) is 13.9. The van der Waals surface area contributed by atoms with Crippen LogP contribution in [0, 0.1) is 13.8 Å². The Morgan fingerprint density at radius 3 is 1.41 bits per heavy atom. The Morgan fingerprint density at radius 2 is 1.14 bits per heavy atom. The molecule has 4 heteroatoms.